The van der Waals surface area contributed by atoms with Gasteiger partial charge in [0, 0.05) is 4.47 Å². The third kappa shape index (κ3) is 4.12. The summed E-state index contributed by atoms with van der Waals surface area (Å²) in [5.74, 6) is 1.36. The van der Waals surface area contributed by atoms with E-state index in [0.29, 0.717) is 11.6 Å². The van der Waals surface area contributed by atoms with Gasteiger partial charge in [0.15, 0.2) is 0 Å². The van der Waals surface area contributed by atoms with Crippen LogP contribution in [0.4, 0.5) is 5.69 Å². The SMILES string of the molecule is CCC[C@@H](C)COc1ccc(Br)cc1N. The maximum atomic E-state index is 5.83. The lowest BCUT2D eigenvalue weighted by Gasteiger charge is -2.13. The summed E-state index contributed by atoms with van der Waals surface area (Å²) < 4.78 is 6.64. The number of rotatable bonds is 5. The summed E-state index contributed by atoms with van der Waals surface area (Å²) in [5, 5.41) is 0. The molecule has 0 aliphatic carbocycles. The van der Waals surface area contributed by atoms with Gasteiger partial charge < -0.3 is 10.5 Å². The number of nitrogen functional groups attached to an aromatic ring is 1. The van der Waals surface area contributed by atoms with Crippen LogP contribution in [-0.4, -0.2) is 6.61 Å². The van der Waals surface area contributed by atoms with Crippen molar-refractivity contribution in [3.05, 3.63) is 22.7 Å². The molecule has 0 unspecified atom stereocenters. The predicted molar refractivity (Wildman–Crippen MR) is 68.1 cm³/mol. The monoisotopic (exact) mass is 271 g/mol. The van der Waals surface area contributed by atoms with Crippen LogP contribution in [0.3, 0.4) is 0 Å². The Balaban J connectivity index is 2.50. The third-order valence-corrected chi connectivity index (χ3v) is 2.77. The number of nitrogens with two attached hydrogens (primary N) is 1. The van der Waals surface area contributed by atoms with Gasteiger partial charge in [0.1, 0.15) is 5.75 Å². The fraction of sp³-hybridized carbons (Fsp3) is 0.500. The molecular formula is C12H18BrNO. The van der Waals surface area contributed by atoms with Gasteiger partial charge in [-0.25, -0.2) is 0 Å². The number of hydrogen-bond acceptors (Lipinski definition) is 2. The molecule has 1 atom stereocenters. The van der Waals surface area contributed by atoms with E-state index in [1.165, 1.54) is 12.8 Å². The highest BCUT2D eigenvalue weighted by molar-refractivity contribution is 9.10. The van der Waals surface area contributed by atoms with Crippen LogP contribution in [0.1, 0.15) is 26.7 Å². The van der Waals surface area contributed by atoms with E-state index in [4.69, 9.17) is 10.5 Å². The molecule has 1 rings (SSSR count). The van der Waals surface area contributed by atoms with Crippen LogP contribution in [0.15, 0.2) is 22.7 Å². The maximum Gasteiger partial charge on any atom is 0.142 e. The van der Waals surface area contributed by atoms with Gasteiger partial charge in [-0.15, -0.1) is 0 Å². The van der Waals surface area contributed by atoms with Crippen molar-refractivity contribution in [3.63, 3.8) is 0 Å². The van der Waals surface area contributed by atoms with Gasteiger partial charge in [0.25, 0.3) is 0 Å². The first kappa shape index (κ1) is 12.4. The molecule has 2 nitrogen and oxygen atoms in total. The number of anilines is 1. The first-order chi connectivity index (χ1) is 7.13. The Labute approximate surface area is 99.9 Å². The summed E-state index contributed by atoms with van der Waals surface area (Å²) in [6, 6.07) is 5.70. The lowest BCUT2D eigenvalue weighted by molar-refractivity contribution is 0.253. The molecule has 1 aromatic carbocycles. The second-order valence-corrected chi connectivity index (χ2v) is 4.80. The molecule has 1 aromatic rings. The highest BCUT2D eigenvalue weighted by Crippen LogP contribution is 2.25. The van der Waals surface area contributed by atoms with Crippen molar-refractivity contribution in [2.24, 2.45) is 5.92 Å². The standard InChI is InChI=1S/C12H18BrNO/c1-3-4-9(2)8-15-12-6-5-10(13)7-11(12)14/h5-7,9H,3-4,8,14H2,1-2H3/t9-/m1/s1. The van der Waals surface area contributed by atoms with E-state index in [2.05, 4.69) is 29.8 Å². The van der Waals surface area contributed by atoms with Crippen LogP contribution in [-0.2, 0) is 0 Å². The number of ether oxygens (including phenoxy) is 1. The molecule has 15 heavy (non-hydrogen) atoms. The highest BCUT2D eigenvalue weighted by atomic mass is 79.9. The largest absolute Gasteiger partial charge is 0.491 e. The first-order valence-corrected chi connectivity index (χ1v) is 6.10. The molecule has 0 bridgehead atoms. The van der Waals surface area contributed by atoms with Gasteiger partial charge in [-0.2, -0.15) is 0 Å². The fourth-order valence-corrected chi connectivity index (χ4v) is 1.84. The van der Waals surface area contributed by atoms with Crippen molar-refractivity contribution in [1.82, 2.24) is 0 Å². The molecule has 3 heteroatoms. The van der Waals surface area contributed by atoms with Crippen LogP contribution in [0, 0.1) is 5.92 Å². The van der Waals surface area contributed by atoms with E-state index in [0.717, 1.165) is 16.8 Å². The van der Waals surface area contributed by atoms with Crippen molar-refractivity contribution in [2.75, 3.05) is 12.3 Å². The van der Waals surface area contributed by atoms with E-state index in [9.17, 15) is 0 Å². The topological polar surface area (TPSA) is 35.2 Å². The Hall–Kier alpha value is -0.700. The molecule has 84 valence electrons. The molecule has 0 aromatic heterocycles. The number of hydrogen-bond donors (Lipinski definition) is 1. The molecule has 0 saturated heterocycles. The van der Waals surface area contributed by atoms with Crippen LogP contribution in [0.25, 0.3) is 0 Å². The molecule has 0 aliphatic rings. The molecular weight excluding hydrogens is 254 g/mol. The van der Waals surface area contributed by atoms with E-state index < -0.39 is 0 Å². The van der Waals surface area contributed by atoms with Crippen molar-refractivity contribution in [3.8, 4) is 5.75 Å². The summed E-state index contributed by atoms with van der Waals surface area (Å²) >= 11 is 3.37. The van der Waals surface area contributed by atoms with Crippen molar-refractivity contribution >= 4 is 21.6 Å². The zero-order valence-corrected chi connectivity index (χ0v) is 10.9. The second-order valence-electron chi connectivity index (χ2n) is 3.89. The zero-order chi connectivity index (χ0) is 11.3. The molecule has 0 saturated carbocycles. The summed E-state index contributed by atoms with van der Waals surface area (Å²) in [5.41, 5.74) is 6.51. The average molecular weight is 272 g/mol. The number of halogens is 1. The fourth-order valence-electron chi connectivity index (χ4n) is 1.46. The summed E-state index contributed by atoms with van der Waals surface area (Å²) in [4.78, 5) is 0. The molecule has 0 amide bonds. The average Bonchev–Trinajstić information content (AvgIpc) is 2.17. The van der Waals surface area contributed by atoms with Crippen LogP contribution >= 0.6 is 15.9 Å². The summed E-state index contributed by atoms with van der Waals surface area (Å²) in [7, 11) is 0. The third-order valence-electron chi connectivity index (χ3n) is 2.28. The van der Waals surface area contributed by atoms with Crippen molar-refractivity contribution in [1.29, 1.82) is 0 Å². The molecule has 0 radical (unpaired) electrons. The van der Waals surface area contributed by atoms with E-state index in [-0.39, 0.29) is 0 Å². The lowest BCUT2D eigenvalue weighted by Crippen LogP contribution is -2.09. The minimum absolute atomic E-state index is 0.582. The van der Waals surface area contributed by atoms with Gasteiger partial charge >= 0.3 is 0 Å². The van der Waals surface area contributed by atoms with E-state index in [1.807, 2.05) is 18.2 Å². The van der Waals surface area contributed by atoms with Gasteiger partial charge in [-0.05, 0) is 30.5 Å². The molecule has 0 spiro atoms. The Kier molecular flexibility index (Phi) is 4.95. The molecule has 2 N–H and O–H groups in total. The van der Waals surface area contributed by atoms with Gasteiger partial charge in [0.05, 0.1) is 12.3 Å². The van der Waals surface area contributed by atoms with E-state index in [1.54, 1.807) is 0 Å². The molecule has 0 heterocycles. The van der Waals surface area contributed by atoms with Crippen molar-refractivity contribution < 1.29 is 4.74 Å². The van der Waals surface area contributed by atoms with E-state index >= 15 is 0 Å². The van der Waals surface area contributed by atoms with Crippen LogP contribution in [0.5, 0.6) is 5.75 Å². The first-order valence-electron chi connectivity index (χ1n) is 5.31. The second kappa shape index (κ2) is 6.01. The molecule has 0 fully saturated rings. The van der Waals surface area contributed by atoms with Crippen LogP contribution < -0.4 is 10.5 Å². The van der Waals surface area contributed by atoms with Gasteiger partial charge in [0.2, 0.25) is 0 Å². The summed E-state index contributed by atoms with van der Waals surface area (Å²) in [6.45, 7) is 5.11. The Morgan fingerprint density at radius 3 is 2.80 bits per heavy atom. The summed E-state index contributed by atoms with van der Waals surface area (Å²) in [6.07, 6.45) is 2.39. The minimum Gasteiger partial charge on any atom is -0.491 e. The van der Waals surface area contributed by atoms with Crippen LogP contribution in [0.2, 0.25) is 0 Å². The Bertz CT molecular complexity index is 314. The minimum atomic E-state index is 0.582. The maximum absolute atomic E-state index is 5.83. The predicted octanol–water partition coefficient (Wildman–Crippen LogP) is 3.85. The quantitative estimate of drug-likeness (QED) is 0.826. The van der Waals surface area contributed by atoms with Gasteiger partial charge in [-0.1, -0.05) is 36.2 Å². The van der Waals surface area contributed by atoms with Gasteiger partial charge in [-0.3, -0.25) is 0 Å². The molecule has 0 aliphatic heterocycles. The zero-order valence-electron chi connectivity index (χ0n) is 9.29. The smallest absolute Gasteiger partial charge is 0.142 e. The Morgan fingerprint density at radius 2 is 2.20 bits per heavy atom. The number of benzene rings is 1. The van der Waals surface area contributed by atoms with Crippen molar-refractivity contribution in [2.45, 2.75) is 26.7 Å². The normalized spacial score (nSPS) is 12.5. The highest BCUT2D eigenvalue weighted by Gasteiger charge is 2.04. The Morgan fingerprint density at radius 1 is 1.47 bits per heavy atom. The lowest BCUT2D eigenvalue weighted by atomic mass is 10.1.